The summed E-state index contributed by atoms with van der Waals surface area (Å²) in [6, 6.07) is -0.668. The summed E-state index contributed by atoms with van der Waals surface area (Å²) in [5.41, 5.74) is 0. The minimum Gasteiger partial charge on any atom is -0.464 e. The SMILES string of the molecule is C=CCOC(=O)NC(C(=O)OCCCCC)C(C)CC. The summed E-state index contributed by atoms with van der Waals surface area (Å²) in [6.07, 6.45) is 4.54. The van der Waals surface area contributed by atoms with Crippen LogP contribution in [0.15, 0.2) is 12.7 Å². The fourth-order valence-electron chi connectivity index (χ4n) is 1.59. The minimum absolute atomic E-state index is 0.00930. The molecule has 0 heterocycles. The number of amides is 1. The molecule has 2 atom stereocenters. The van der Waals surface area contributed by atoms with Crippen LogP contribution >= 0.6 is 0 Å². The Morgan fingerprint density at radius 3 is 2.50 bits per heavy atom. The first kappa shape index (κ1) is 18.5. The molecule has 116 valence electrons. The molecule has 0 spiro atoms. The van der Waals surface area contributed by atoms with Crippen molar-refractivity contribution < 1.29 is 19.1 Å². The number of ether oxygens (including phenoxy) is 2. The van der Waals surface area contributed by atoms with Crippen molar-refractivity contribution >= 4 is 12.1 Å². The highest BCUT2D eigenvalue weighted by Crippen LogP contribution is 2.10. The van der Waals surface area contributed by atoms with E-state index in [9.17, 15) is 9.59 Å². The summed E-state index contributed by atoms with van der Waals surface area (Å²) >= 11 is 0. The van der Waals surface area contributed by atoms with Gasteiger partial charge in [-0.1, -0.05) is 52.7 Å². The molecule has 5 nitrogen and oxygen atoms in total. The van der Waals surface area contributed by atoms with Gasteiger partial charge in [0.15, 0.2) is 0 Å². The molecule has 0 aliphatic rings. The predicted octanol–water partition coefficient (Wildman–Crippen LogP) is 3.05. The lowest BCUT2D eigenvalue weighted by atomic mass is 9.99. The lowest BCUT2D eigenvalue weighted by Gasteiger charge is -2.22. The molecule has 0 saturated heterocycles. The predicted molar refractivity (Wildman–Crippen MR) is 78.4 cm³/mol. The number of unbranched alkanes of at least 4 members (excludes halogenated alkanes) is 2. The largest absolute Gasteiger partial charge is 0.464 e. The second kappa shape index (κ2) is 11.3. The molecule has 0 aliphatic heterocycles. The average Bonchev–Trinajstić information content (AvgIpc) is 2.46. The summed E-state index contributed by atoms with van der Waals surface area (Å²) in [7, 11) is 0. The third kappa shape index (κ3) is 7.81. The highest BCUT2D eigenvalue weighted by molar-refractivity contribution is 5.81. The van der Waals surface area contributed by atoms with Gasteiger partial charge in [-0.05, 0) is 12.3 Å². The zero-order valence-electron chi connectivity index (χ0n) is 12.8. The maximum Gasteiger partial charge on any atom is 0.408 e. The van der Waals surface area contributed by atoms with E-state index in [4.69, 9.17) is 9.47 Å². The van der Waals surface area contributed by atoms with E-state index in [1.165, 1.54) is 6.08 Å². The van der Waals surface area contributed by atoms with Crippen LogP contribution in [0, 0.1) is 5.92 Å². The van der Waals surface area contributed by atoms with Crippen molar-refractivity contribution in [2.24, 2.45) is 5.92 Å². The van der Waals surface area contributed by atoms with Gasteiger partial charge in [0.05, 0.1) is 6.61 Å². The van der Waals surface area contributed by atoms with Crippen molar-refractivity contribution in [3.05, 3.63) is 12.7 Å². The van der Waals surface area contributed by atoms with Gasteiger partial charge in [-0.2, -0.15) is 0 Å². The average molecular weight is 285 g/mol. The minimum atomic E-state index is -0.668. The number of carbonyl (C=O) groups is 2. The van der Waals surface area contributed by atoms with Gasteiger partial charge >= 0.3 is 12.1 Å². The molecule has 1 N–H and O–H groups in total. The van der Waals surface area contributed by atoms with Crippen LogP contribution in [-0.4, -0.2) is 31.3 Å². The first-order valence-electron chi connectivity index (χ1n) is 7.27. The van der Waals surface area contributed by atoms with Crippen LogP contribution in [0.3, 0.4) is 0 Å². The summed E-state index contributed by atoms with van der Waals surface area (Å²) < 4.78 is 10.0. The molecule has 0 saturated carbocycles. The first-order valence-corrected chi connectivity index (χ1v) is 7.27. The Bertz CT molecular complexity index is 304. The van der Waals surface area contributed by atoms with Crippen molar-refractivity contribution in [1.29, 1.82) is 0 Å². The van der Waals surface area contributed by atoms with Crippen LogP contribution in [0.1, 0.15) is 46.5 Å². The Hall–Kier alpha value is -1.52. The van der Waals surface area contributed by atoms with Crippen molar-refractivity contribution in [3.63, 3.8) is 0 Å². The van der Waals surface area contributed by atoms with Crippen LogP contribution in [0.5, 0.6) is 0 Å². The highest BCUT2D eigenvalue weighted by Gasteiger charge is 2.27. The molecular formula is C15H27NO4. The van der Waals surface area contributed by atoms with E-state index in [0.29, 0.717) is 6.61 Å². The van der Waals surface area contributed by atoms with Crippen LogP contribution in [0.2, 0.25) is 0 Å². The van der Waals surface area contributed by atoms with Crippen molar-refractivity contribution in [2.75, 3.05) is 13.2 Å². The molecule has 0 fully saturated rings. The molecule has 0 aliphatic carbocycles. The van der Waals surface area contributed by atoms with Crippen LogP contribution in [0.25, 0.3) is 0 Å². The van der Waals surface area contributed by atoms with Gasteiger partial charge in [0.25, 0.3) is 0 Å². The third-order valence-electron chi connectivity index (χ3n) is 3.06. The molecule has 1 amide bonds. The quantitative estimate of drug-likeness (QED) is 0.380. The van der Waals surface area contributed by atoms with Gasteiger partial charge in [0, 0.05) is 0 Å². The molecule has 0 bridgehead atoms. The molecule has 0 aromatic rings. The molecule has 0 aromatic heterocycles. The van der Waals surface area contributed by atoms with Gasteiger partial charge in [-0.3, -0.25) is 0 Å². The van der Waals surface area contributed by atoms with Crippen molar-refractivity contribution in [1.82, 2.24) is 5.32 Å². The second-order valence-corrected chi connectivity index (χ2v) is 4.77. The Morgan fingerprint density at radius 2 is 1.95 bits per heavy atom. The number of esters is 1. The molecular weight excluding hydrogens is 258 g/mol. The van der Waals surface area contributed by atoms with Crippen LogP contribution in [0.4, 0.5) is 4.79 Å². The third-order valence-corrected chi connectivity index (χ3v) is 3.06. The van der Waals surface area contributed by atoms with Gasteiger partial charge < -0.3 is 14.8 Å². The molecule has 0 radical (unpaired) electrons. The summed E-state index contributed by atoms with van der Waals surface area (Å²) in [4.78, 5) is 23.5. The maximum absolute atomic E-state index is 12.0. The lowest BCUT2D eigenvalue weighted by molar-refractivity contribution is -0.147. The standard InChI is InChI=1S/C15H27NO4/c1-5-8-9-11-19-14(17)13(12(4)7-3)16-15(18)20-10-6-2/h6,12-13H,2,5,7-11H2,1,3-4H3,(H,16,18). The van der Waals surface area contributed by atoms with Crippen LogP contribution in [-0.2, 0) is 14.3 Å². The van der Waals surface area contributed by atoms with Gasteiger partial charge in [0.2, 0.25) is 0 Å². The Balaban J connectivity index is 4.35. The monoisotopic (exact) mass is 285 g/mol. The summed E-state index contributed by atoms with van der Waals surface area (Å²) in [6.45, 7) is 9.90. The molecule has 0 aromatic carbocycles. The molecule has 2 unspecified atom stereocenters. The highest BCUT2D eigenvalue weighted by atomic mass is 16.6. The number of hydrogen-bond acceptors (Lipinski definition) is 4. The summed E-state index contributed by atoms with van der Waals surface area (Å²) in [5, 5.41) is 2.56. The first-order chi connectivity index (χ1) is 9.56. The molecule has 20 heavy (non-hydrogen) atoms. The van der Waals surface area contributed by atoms with Gasteiger partial charge in [0.1, 0.15) is 12.6 Å². The number of rotatable bonds is 10. The Labute approximate surface area is 121 Å². The summed E-state index contributed by atoms with van der Waals surface area (Å²) in [5.74, 6) is -0.407. The van der Waals surface area contributed by atoms with E-state index < -0.39 is 18.1 Å². The second-order valence-electron chi connectivity index (χ2n) is 4.77. The molecule has 0 rings (SSSR count). The number of carbonyl (C=O) groups excluding carboxylic acids is 2. The topological polar surface area (TPSA) is 64.6 Å². The Morgan fingerprint density at radius 1 is 1.25 bits per heavy atom. The fraction of sp³-hybridized carbons (Fsp3) is 0.733. The van der Waals surface area contributed by atoms with Gasteiger partial charge in [-0.25, -0.2) is 9.59 Å². The number of nitrogens with one attached hydrogen (secondary N) is 1. The smallest absolute Gasteiger partial charge is 0.408 e. The number of alkyl carbamates (subject to hydrolysis) is 1. The lowest BCUT2D eigenvalue weighted by Crippen LogP contribution is -2.46. The Kier molecular flexibility index (Phi) is 10.5. The van der Waals surface area contributed by atoms with Crippen molar-refractivity contribution in [3.8, 4) is 0 Å². The van der Waals surface area contributed by atoms with E-state index in [0.717, 1.165) is 25.7 Å². The van der Waals surface area contributed by atoms with E-state index in [-0.39, 0.29) is 12.5 Å². The van der Waals surface area contributed by atoms with E-state index in [2.05, 4.69) is 18.8 Å². The van der Waals surface area contributed by atoms with Gasteiger partial charge in [-0.15, -0.1) is 0 Å². The normalized spacial score (nSPS) is 13.2. The van der Waals surface area contributed by atoms with E-state index >= 15 is 0 Å². The van der Waals surface area contributed by atoms with Crippen molar-refractivity contribution in [2.45, 2.75) is 52.5 Å². The van der Waals surface area contributed by atoms with Crippen LogP contribution < -0.4 is 5.32 Å². The zero-order valence-corrected chi connectivity index (χ0v) is 12.8. The fourth-order valence-corrected chi connectivity index (χ4v) is 1.59. The van der Waals surface area contributed by atoms with E-state index in [1.807, 2.05) is 13.8 Å². The number of hydrogen-bond donors (Lipinski definition) is 1. The van der Waals surface area contributed by atoms with E-state index in [1.54, 1.807) is 0 Å². The maximum atomic E-state index is 12.0. The molecule has 5 heteroatoms. The zero-order chi connectivity index (χ0) is 15.4.